The third kappa shape index (κ3) is 2.63. The fourth-order valence-corrected chi connectivity index (χ4v) is 2.95. The molecule has 1 N–H and O–H groups in total. The van der Waals surface area contributed by atoms with Crippen molar-refractivity contribution in [1.82, 2.24) is 14.9 Å². The van der Waals surface area contributed by atoms with E-state index in [1.807, 2.05) is 13.1 Å². The number of piperidine rings is 1. The number of nitrogens with zero attached hydrogens (tertiary/aromatic N) is 2. The lowest BCUT2D eigenvalue weighted by Gasteiger charge is -2.22. The van der Waals surface area contributed by atoms with Crippen LogP contribution in [0.2, 0.25) is 0 Å². The van der Waals surface area contributed by atoms with E-state index < -0.39 is 0 Å². The van der Waals surface area contributed by atoms with Crippen molar-refractivity contribution in [2.45, 2.75) is 25.7 Å². The molecule has 2 aromatic rings. The molecule has 1 saturated heterocycles. The summed E-state index contributed by atoms with van der Waals surface area (Å²) in [5.41, 5.74) is 1.78. The Labute approximate surface area is 112 Å². The molecular formula is C15H20FN3. The van der Waals surface area contributed by atoms with E-state index in [2.05, 4.69) is 14.9 Å². The minimum Gasteiger partial charge on any atom is -0.331 e. The highest BCUT2D eigenvalue weighted by molar-refractivity contribution is 5.75. The van der Waals surface area contributed by atoms with Gasteiger partial charge in [0.15, 0.2) is 0 Å². The van der Waals surface area contributed by atoms with Crippen LogP contribution in [0.1, 0.15) is 25.1 Å². The summed E-state index contributed by atoms with van der Waals surface area (Å²) in [5, 5.41) is 3.44. The van der Waals surface area contributed by atoms with Crippen molar-refractivity contribution >= 4 is 11.0 Å². The summed E-state index contributed by atoms with van der Waals surface area (Å²) in [4.78, 5) is 4.56. The fraction of sp³-hybridized carbons (Fsp3) is 0.533. The molecule has 0 saturated carbocycles. The number of halogens is 1. The van der Waals surface area contributed by atoms with Crippen LogP contribution in [0.15, 0.2) is 18.2 Å². The zero-order chi connectivity index (χ0) is 13.2. The number of hydrogen-bond donors (Lipinski definition) is 1. The molecule has 3 nitrogen and oxygen atoms in total. The summed E-state index contributed by atoms with van der Waals surface area (Å²) in [5.74, 6) is 1.60. The van der Waals surface area contributed by atoms with Gasteiger partial charge in [0.2, 0.25) is 0 Å². The number of benzene rings is 1. The molecule has 0 radical (unpaired) electrons. The van der Waals surface area contributed by atoms with E-state index in [-0.39, 0.29) is 5.82 Å². The number of aryl methyl sites for hydroxylation is 2. The molecule has 1 aliphatic rings. The molecule has 1 aromatic carbocycles. The molecule has 1 aliphatic heterocycles. The van der Waals surface area contributed by atoms with E-state index in [1.165, 1.54) is 25.0 Å². The normalized spacial score (nSPS) is 20.0. The second kappa shape index (κ2) is 5.29. The number of hydrogen-bond acceptors (Lipinski definition) is 2. The van der Waals surface area contributed by atoms with Crippen LogP contribution in [0.5, 0.6) is 0 Å². The zero-order valence-corrected chi connectivity index (χ0v) is 11.3. The van der Waals surface area contributed by atoms with Crippen LogP contribution in [-0.4, -0.2) is 22.6 Å². The zero-order valence-electron chi connectivity index (χ0n) is 11.3. The summed E-state index contributed by atoms with van der Waals surface area (Å²) in [7, 11) is 2.02. The van der Waals surface area contributed by atoms with Crippen molar-refractivity contribution < 1.29 is 4.39 Å². The Morgan fingerprint density at radius 3 is 3.16 bits per heavy atom. The quantitative estimate of drug-likeness (QED) is 0.920. The van der Waals surface area contributed by atoms with Gasteiger partial charge in [-0.15, -0.1) is 0 Å². The number of aromatic nitrogens is 2. The van der Waals surface area contributed by atoms with Crippen molar-refractivity contribution in [1.29, 1.82) is 0 Å². The summed E-state index contributed by atoms with van der Waals surface area (Å²) in [6.45, 7) is 2.28. The first-order valence-electron chi connectivity index (χ1n) is 7.05. The lowest BCUT2D eigenvalue weighted by Crippen LogP contribution is -2.30. The van der Waals surface area contributed by atoms with Gasteiger partial charge in [0.05, 0.1) is 11.0 Å². The topological polar surface area (TPSA) is 29.9 Å². The van der Waals surface area contributed by atoms with E-state index in [9.17, 15) is 4.39 Å². The first kappa shape index (κ1) is 12.6. The van der Waals surface area contributed by atoms with Crippen LogP contribution in [0.3, 0.4) is 0 Å². The molecule has 1 atom stereocenters. The molecule has 0 spiro atoms. The minimum atomic E-state index is -0.214. The Bertz CT molecular complexity index is 570. The highest BCUT2D eigenvalue weighted by atomic mass is 19.1. The highest BCUT2D eigenvalue weighted by Crippen LogP contribution is 2.20. The third-order valence-electron chi connectivity index (χ3n) is 4.11. The highest BCUT2D eigenvalue weighted by Gasteiger charge is 2.15. The van der Waals surface area contributed by atoms with Gasteiger partial charge >= 0.3 is 0 Å². The molecule has 4 heteroatoms. The Hall–Kier alpha value is -1.42. The standard InChI is InChI=1S/C15H20FN3/c1-19-14-6-5-12(16)9-13(14)18-15(19)7-4-11-3-2-8-17-10-11/h5-6,9,11,17H,2-4,7-8,10H2,1H3. The van der Waals surface area contributed by atoms with Gasteiger partial charge in [-0.2, -0.15) is 0 Å². The lowest BCUT2D eigenvalue weighted by molar-refractivity contribution is 0.355. The van der Waals surface area contributed by atoms with Crippen molar-refractivity contribution in [2.24, 2.45) is 13.0 Å². The third-order valence-corrected chi connectivity index (χ3v) is 4.11. The Morgan fingerprint density at radius 1 is 1.47 bits per heavy atom. The maximum absolute atomic E-state index is 13.2. The van der Waals surface area contributed by atoms with Crippen LogP contribution in [0, 0.1) is 11.7 Å². The van der Waals surface area contributed by atoms with Gasteiger partial charge in [0.25, 0.3) is 0 Å². The molecule has 0 aliphatic carbocycles. The molecule has 2 heterocycles. The number of nitrogens with one attached hydrogen (secondary N) is 1. The smallest absolute Gasteiger partial charge is 0.125 e. The van der Waals surface area contributed by atoms with Crippen molar-refractivity contribution in [3.8, 4) is 0 Å². The molecule has 19 heavy (non-hydrogen) atoms. The van der Waals surface area contributed by atoms with Gasteiger partial charge < -0.3 is 9.88 Å². The van der Waals surface area contributed by atoms with Gasteiger partial charge in [-0.3, -0.25) is 0 Å². The average Bonchev–Trinajstić information content (AvgIpc) is 2.74. The van der Waals surface area contributed by atoms with Gasteiger partial charge in [-0.05, 0) is 50.4 Å². The Balaban J connectivity index is 1.75. The van der Waals surface area contributed by atoms with Crippen LogP contribution >= 0.6 is 0 Å². The predicted molar refractivity (Wildman–Crippen MR) is 74.6 cm³/mol. The largest absolute Gasteiger partial charge is 0.331 e. The Kier molecular flexibility index (Phi) is 3.51. The fourth-order valence-electron chi connectivity index (χ4n) is 2.95. The molecule has 1 unspecified atom stereocenters. The van der Waals surface area contributed by atoms with Crippen molar-refractivity contribution in [3.05, 3.63) is 29.8 Å². The lowest BCUT2D eigenvalue weighted by atomic mass is 9.94. The molecule has 0 amide bonds. The maximum Gasteiger partial charge on any atom is 0.125 e. The van der Waals surface area contributed by atoms with E-state index in [4.69, 9.17) is 0 Å². The first-order valence-corrected chi connectivity index (χ1v) is 7.05. The second-order valence-corrected chi connectivity index (χ2v) is 5.47. The molecule has 0 bridgehead atoms. The average molecular weight is 261 g/mol. The van der Waals surface area contributed by atoms with E-state index in [0.29, 0.717) is 0 Å². The number of imidazole rings is 1. The molecule has 1 fully saturated rings. The predicted octanol–water partition coefficient (Wildman–Crippen LogP) is 2.64. The van der Waals surface area contributed by atoms with Crippen LogP contribution in [0.4, 0.5) is 4.39 Å². The minimum absolute atomic E-state index is 0.214. The number of rotatable bonds is 3. The van der Waals surface area contributed by atoms with E-state index in [1.54, 1.807) is 0 Å². The van der Waals surface area contributed by atoms with E-state index >= 15 is 0 Å². The van der Waals surface area contributed by atoms with Gasteiger partial charge in [0, 0.05) is 19.5 Å². The van der Waals surface area contributed by atoms with Gasteiger partial charge in [0.1, 0.15) is 11.6 Å². The van der Waals surface area contributed by atoms with Crippen LogP contribution in [0.25, 0.3) is 11.0 Å². The van der Waals surface area contributed by atoms with Crippen LogP contribution in [-0.2, 0) is 13.5 Å². The summed E-state index contributed by atoms with van der Waals surface area (Å²) >= 11 is 0. The first-order chi connectivity index (χ1) is 9.24. The maximum atomic E-state index is 13.2. The second-order valence-electron chi connectivity index (χ2n) is 5.47. The van der Waals surface area contributed by atoms with Crippen molar-refractivity contribution in [3.63, 3.8) is 0 Å². The molecule has 1 aromatic heterocycles. The van der Waals surface area contributed by atoms with Gasteiger partial charge in [-0.1, -0.05) is 0 Å². The van der Waals surface area contributed by atoms with Gasteiger partial charge in [-0.25, -0.2) is 9.37 Å². The molecular weight excluding hydrogens is 241 g/mol. The van der Waals surface area contributed by atoms with E-state index in [0.717, 1.165) is 48.7 Å². The number of fused-ring (bicyclic) bond motifs is 1. The SMILES string of the molecule is Cn1c(CCC2CCCNC2)nc2cc(F)ccc21. The summed E-state index contributed by atoms with van der Waals surface area (Å²) < 4.78 is 15.3. The van der Waals surface area contributed by atoms with Crippen molar-refractivity contribution in [2.75, 3.05) is 13.1 Å². The summed E-state index contributed by atoms with van der Waals surface area (Å²) in [6.07, 6.45) is 4.72. The van der Waals surface area contributed by atoms with Crippen LogP contribution < -0.4 is 5.32 Å². The molecule has 102 valence electrons. The summed E-state index contributed by atoms with van der Waals surface area (Å²) in [6, 6.07) is 4.82. The Morgan fingerprint density at radius 2 is 2.37 bits per heavy atom. The molecule has 3 rings (SSSR count). The monoisotopic (exact) mass is 261 g/mol.